The molecule has 112 valence electrons. The number of hydrogen-bond donors (Lipinski definition) is 1. The van der Waals surface area contributed by atoms with Gasteiger partial charge in [-0.05, 0) is 37.1 Å². The van der Waals surface area contributed by atoms with Gasteiger partial charge < -0.3 is 9.73 Å². The maximum absolute atomic E-state index is 13.3. The molecule has 0 radical (unpaired) electrons. The van der Waals surface area contributed by atoms with Gasteiger partial charge in [0.1, 0.15) is 11.6 Å². The summed E-state index contributed by atoms with van der Waals surface area (Å²) in [5.74, 6) is 0.328. The Bertz CT molecular complexity index is 599. The normalized spacial score (nSPS) is 12.3. The van der Waals surface area contributed by atoms with E-state index in [1.165, 1.54) is 12.1 Å². The first-order chi connectivity index (χ1) is 10.0. The molecule has 21 heavy (non-hydrogen) atoms. The molecule has 5 nitrogen and oxygen atoms in total. The largest absolute Gasteiger partial charge is 0.469 e. The predicted octanol–water partition coefficient (Wildman–Crippen LogP) is 3.44. The van der Waals surface area contributed by atoms with Gasteiger partial charge in [-0.25, -0.2) is 4.39 Å². The average Bonchev–Trinajstić information content (AvgIpc) is 2.95. The van der Waals surface area contributed by atoms with Gasteiger partial charge in [0.2, 0.25) is 0 Å². The third kappa shape index (κ3) is 4.68. The first-order valence-electron chi connectivity index (χ1n) is 6.74. The minimum Gasteiger partial charge on any atom is -0.469 e. The molecule has 1 atom stereocenters. The molecule has 1 heterocycles. The molecule has 2 aromatic rings. The third-order valence-corrected chi connectivity index (χ3v) is 3.21. The van der Waals surface area contributed by atoms with Gasteiger partial charge >= 0.3 is 0 Å². The second-order valence-electron chi connectivity index (χ2n) is 4.97. The Balaban J connectivity index is 1.85. The lowest BCUT2D eigenvalue weighted by Gasteiger charge is -2.13. The monoisotopic (exact) mass is 292 g/mol. The van der Waals surface area contributed by atoms with Crippen LogP contribution in [0, 0.1) is 15.9 Å². The average molecular weight is 292 g/mol. The maximum atomic E-state index is 13.3. The second kappa shape index (κ2) is 6.99. The highest BCUT2D eigenvalue weighted by Gasteiger charge is 2.10. The van der Waals surface area contributed by atoms with Crippen LogP contribution in [0.1, 0.15) is 24.7 Å². The van der Waals surface area contributed by atoms with Crippen molar-refractivity contribution < 1.29 is 13.7 Å². The summed E-state index contributed by atoms with van der Waals surface area (Å²) in [6.45, 7) is 2.40. The standard InChI is InChI=1S/C15H17FN2O3/c1-11(4-5-15-3-2-6-21-15)17-10-12-7-13(16)9-14(8-12)18(19)20/h2-3,6-9,11,17H,4-5,10H2,1H3. The van der Waals surface area contributed by atoms with Gasteiger partial charge in [0.05, 0.1) is 17.3 Å². The van der Waals surface area contributed by atoms with Crippen molar-refractivity contribution >= 4 is 5.69 Å². The molecule has 0 saturated heterocycles. The molecule has 6 heteroatoms. The van der Waals surface area contributed by atoms with E-state index in [4.69, 9.17) is 4.42 Å². The second-order valence-corrected chi connectivity index (χ2v) is 4.97. The fraction of sp³-hybridized carbons (Fsp3) is 0.333. The third-order valence-electron chi connectivity index (χ3n) is 3.21. The maximum Gasteiger partial charge on any atom is 0.272 e. The fourth-order valence-electron chi connectivity index (χ4n) is 2.05. The van der Waals surface area contributed by atoms with E-state index in [0.717, 1.165) is 24.7 Å². The van der Waals surface area contributed by atoms with Gasteiger partial charge in [-0.15, -0.1) is 0 Å². The molecule has 0 amide bonds. The number of aryl methyl sites for hydroxylation is 1. The molecule has 0 bridgehead atoms. The van der Waals surface area contributed by atoms with E-state index < -0.39 is 10.7 Å². The molecule has 0 aliphatic rings. The topological polar surface area (TPSA) is 68.3 Å². The molecule has 1 aromatic heterocycles. The van der Waals surface area contributed by atoms with Crippen LogP contribution in [0.4, 0.5) is 10.1 Å². The van der Waals surface area contributed by atoms with Crippen LogP contribution in [0.15, 0.2) is 41.0 Å². The van der Waals surface area contributed by atoms with Crippen molar-refractivity contribution in [3.05, 3.63) is 63.9 Å². The van der Waals surface area contributed by atoms with E-state index in [-0.39, 0.29) is 11.7 Å². The van der Waals surface area contributed by atoms with Gasteiger partial charge in [-0.3, -0.25) is 10.1 Å². The van der Waals surface area contributed by atoms with Crippen LogP contribution < -0.4 is 5.32 Å². The van der Waals surface area contributed by atoms with Crippen molar-refractivity contribution in [2.45, 2.75) is 32.4 Å². The molecular weight excluding hydrogens is 275 g/mol. The van der Waals surface area contributed by atoms with Crippen LogP contribution in [0.25, 0.3) is 0 Å². The smallest absolute Gasteiger partial charge is 0.272 e. The number of nitro benzene ring substituents is 1. The van der Waals surface area contributed by atoms with Gasteiger partial charge in [0.25, 0.3) is 5.69 Å². The number of benzene rings is 1. The summed E-state index contributed by atoms with van der Waals surface area (Å²) >= 11 is 0. The van der Waals surface area contributed by atoms with E-state index in [9.17, 15) is 14.5 Å². The number of rotatable bonds is 7. The number of nitrogens with one attached hydrogen (secondary N) is 1. The Hall–Kier alpha value is -2.21. The SMILES string of the molecule is CC(CCc1ccco1)NCc1cc(F)cc([N+](=O)[O-])c1. The zero-order valence-corrected chi connectivity index (χ0v) is 11.7. The number of nitro groups is 1. The highest BCUT2D eigenvalue weighted by molar-refractivity contribution is 5.35. The summed E-state index contributed by atoms with van der Waals surface area (Å²) in [7, 11) is 0. The lowest BCUT2D eigenvalue weighted by molar-refractivity contribution is -0.385. The molecule has 2 rings (SSSR count). The zero-order valence-electron chi connectivity index (χ0n) is 11.7. The molecule has 0 aliphatic heterocycles. The van der Waals surface area contributed by atoms with Gasteiger partial charge in [0, 0.05) is 25.1 Å². The van der Waals surface area contributed by atoms with Crippen molar-refractivity contribution in [2.75, 3.05) is 0 Å². The van der Waals surface area contributed by atoms with E-state index >= 15 is 0 Å². The Morgan fingerprint density at radius 1 is 1.43 bits per heavy atom. The first-order valence-corrected chi connectivity index (χ1v) is 6.74. The molecule has 0 spiro atoms. The lowest BCUT2D eigenvalue weighted by Crippen LogP contribution is -2.26. The van der Waals surface area contributed by atoms with E-state index in [1.807, 2.05) is 19.1 Å². The van der Waals surface area contributed by atoms with Gasteiger partial charge in [-0.2, -0.15) is 0 Å². The summed E-state index contributed by atoms with van der Waals surface area (Å²) in [4.78, 5) is 10.1. The highest BCUT2D eigenvalue weighted by atomic mass is 19.1. The number of non-ortho nitro benzene ring substituents is 1. The quantitative estimate of drug-likeness (QED) is 0.627. The van der Waals surface area contributed by atoms with Crippen molar-refractivity contribution in [3.8, 4) is 0 Å². The molecule has 0 saturated carbocycles. The van der Waals surface area contributed by atoms with Crippen molar-refractivity contribution in [1.82, 2.24) is 5.32 Å². The molecule has 1 unspecified atom stereocenters. The van der Waals surface area contributed by atoms with Gasteiger partial charge in [-0.1, -0.05) is 0 Å². The Kier molecular flexibility index (Phi) is 5.05. The minimum absolute atomic E-state index is 0.192. The van der Waals surface area contributed by atoms with E-state index in [2.05, 4.69) is 5.32 Å². The number of nitrogens with zero attached hydrogens (tertiary/aromatic N) is 1. The number of hydrogen-bond acceptors (Lipinski definition) is 4. The van der Waals surface area contributed by atoms with Crippen LogP contribution in [0.2, 0.25) is 0 Å². The van der Waals surface area contributed by atoms with Gasteiger partial charge in [0.15, 0.2) is 0 Å². The van der Waals surface area contributed by atoms with Crippen molar-refractivity contribution in [1.29, 1.82) is 0 Å². The number of furan rings is 1. The van der Waals surface area contributed by atoms with Crippen molar-refractivity contribution in [3.63, 3.8) is 0 Å². The summed E-state index contributed by atoms with van der Waals surface area (Å²) in [5, 5.41) is 13.9. The molecule has 0 aliphatic carbocycles. The minimum atomic E-state index is -0.593. The Morgan fingerprint density at radius 3 is 2.90 bits per heavy atom. The molecule has 0 fully saturated rings. The highest BCUT2D eigenvalue weighted by Crippen LogP contribution is 2.16. The van der Waals surface area contributed by atoms with Crippen LogP contribution in [-0.2, 0) is 13.0 Å². The zero-order chi connectivity index (χ0) is 15.2. The lowest BCUT2D eigenvalue weighted by atomic mass is 10.1. The predicted molar refractivity (Wildman–Crippen MR) is 76.4 cm³/mol. The number of halogens is 1. The van der Waals surface area contributed by atoms with E-state index in [0.29, 0.717) is 12.1 Å². The van der Waals surface area contributed by atoms with E-state index in [1.54, 1.807) is 6.26 Å². The first kappa shape index (κ1) is 15.2. The summed E-state index contributed by atoms with van der Waals surface area (Å²) in [6, 6.07) is 7.57. The molecule has 1 aromatic carbocycles. The molecule has 1 N–H and O–H groups in total. The fourth-order valence-corrected chi connectivity index (χ4v) is 2.05. The molecular formula is C15H17FN2O3. The Labute approximate surface area is 121 Å². The van der Waals surface area contributed by atoms with Crippen LogP contribution >= 0.6 is 0 Å². The summed E-state index contributed by atoms with van der Waals surface area (Å²) < 4.78 is 18.6. The van der Waals surface area contributed by atoms with Crippen LogP contribution in [-0.4, -0.2) is 11.0 Å². The van der Waals surface area contributed by atoms with Crippen LogP contribution in [0.3, 0.4) is 0 Å². The van der Waals surface area contributed by atoms with Crippen LogP contribution in [0.5, 0.6) is 0 Å². The van der Waals surface area contributed by atoms with Crippen molar-refractivity contribution in [2.24, 2.45) is 0 Å². The summed E-state index contributed by atoms with van der Waals surface area (Å²) in [6.07, 6.45) is 3.31. The summed E-state index contributed by atoms with van der Waals surface area (Å²) in [5.41, 5.74) is 0.335. The Morgan fingerprint density at radius 2 is 2.24 bits per heavy atom.